The van der Waals surface area contributed by atoms with Crippen LogP contribution < -0.4 is 5.32 Å². The molecule has 9 heteroatoms. The maximum absolute atomic E-state index is 12.4. The molecule has 0 saturated carbocycles. The normalized spacial score (nSPS) is 10.2. The number of hydrogen-bond acceptors (Lipinski definition) is 5. The number of imidazole rings is 1. The van der Waals surface area contributed by atoms with Crippen LogP contribution in [-0.2, 0) is 0 Å². The largest absolute Gasteiger partial charge is 0.340 e. The summed E-state index contributed by atoms with van der Waals surface area (Å²) in [5, 5.41) is 13.4. The van der Waals surface area contributed by atoms with E-state index in [9.17, 15) is 19.7 Å². The molecule has 0 spiro atoms. The number of nitrogens with zero attached hydrogens (tertiary/aromatic N) is 3. The van der Waals surface area contributed by atoms with Gasteiger partial charge in [-0.3, -0.25) is 19.7 Å². The molecule has 0 aliphatic carbocycles. The van der Waals surface area contributed by atoms with Gasteiger partial charge in [-0.05, 0) is 19.9 Å². The van der Waals surface area contributed by atoms with Crippen LogP contribution in [0, 0.1) is 10.1 Å². The van der Waals surface area contributed by atoms with Crippen molar-refractivity contribution in [2.45, 2.75) is 13.8 Å². The lowest BCUT2D eigenvalue weighted by Gasteiger charge is -2.18. The summed E-state index contributed by atoms with van der Waals surface area (Å²) < 4.78 is 0. The molecule has 126 valence electrons. The van der Waals surface area contributed by atoms with Crippen molar-refractivity contribution < 1.29 is 14.5 Å². The summed E-state index contributed by atoms with van der Waals surface area (Å²) in [5.41, 5.74) is -0.255. The summed E-state index contributed by atoms with van der Waals surface area (Å²) >= 11 is 0. The first-order valence-corrected chi connectivity index (χ1v) is 7.37. The number of para-hydroxylation sites is 2. The number of aromatic nitrogens is 2. The van der Waals surface area contributed by atoms with Crippen molar-refractivity contribution in [3.05, 3.63) is 52.1 Å². The summed E-state index contributed by atoms with van der Waals surface area (Å²) in [6.07, 6.45) is 1.24. The third-order valence-corrected chi connectivity index (χ3v) is 3.47. The number of rotatable bonds is 6. The standard InChI is InChI=1S/C15H17N5O4/c1-3-19(4-2)15(22)13-12(16-9-17-13)14(21)18-10-7-5-6-8-11(10)20(23)24/h5-9H,3-4H2,1-2H3,(H,16,17)(H,18,21). The summed E-state index contributed by atoms with van der Waals surface area (Å²) in [7, 11) is 0. The second-order valence-corrected chi connectivity index (χ2v) is 4.83. The van der Waals surface area contributed by atoms with Crippen LogP contribution in [0.1, 0.15) is 34.8 Å². The maximum atomic E-state index is 12.4. The van der Waals surface area contributed by atoms with Crippen LogP contribution in [0.4, 0.5) is 11.4 Å². The van der Waals surface area contributed by atoms with E-state index in [1.165, 1.54) is 29.4 Å². The molecule has 0 atom stereocenters. The molecule has 0 bridgehead atoms. The zero-order chi connectivity index (χ0) is 17.7. The third-order valence-electron chi connectivity index (χ3n) is 3.47. The number of anilines is 1. The minimum absolute atomic E-state index is 0.0386. The van der Waals surface area contributed by atoms with Gasteiger partial charge in [0.1, 0.15) is 11.4 Å². The Morgan fingerprint density at radius 3 is 2.58 bits per heavy atom. The van der Waals surface area contributed by atoms with Gasteiger partial charge in [-0.1, -0.05) is 12.1 Å². The summed E-state index contributed by atoms with van der Waals surface area (Å²) in [4.78, 5) is 43.3. The highest BCUT2D eigenvalue weighted by Crippen LogP contribution is 2.24. The molecule has 24 heavy (non-hydrogen) atoms. The van der Waals surface area contributed by atoms with Crippen molar-refractivity contribution in [2.24, 2.45) is 0 Å². The quantitative estimate of drug-likeness (QED) is 0.620. The topological polar surface area (TPSA) is 121 Å². The highest BCUT2D eigenvalue weighted by atomic mass is 16.6. The summed E-state index contributed by atoms with van der Waals surface area (Å²) in [6.45, 7) is 4.62. The Kier molecular flexibility index (Phi) is 5.25. The average molecular weight is 331 g/mol. The molecule has 0 fully saturated rings. The first kappa shape index (κ1) is 17.1. The second-order valence-electron chi connectivity index (χ2n) is 4.83. The molecule has 1 aromatic heterocycles. The van der Waals surface area contributed by atoms with E-state index >= 15 is 0 Å². The van der Waals surface area contributed by atoms with Gasteiger partial charge in [-0.2, -0.15) is 0 Å². The Bertz CT molecular complexity index is 767. The van der Waals surface area contributed by atoms with Crippen LogP contribution in [0.2, 0.25) is 0 Å². The predicted molar refractivity (Wildman–Crippen MR) is 86.9 cm³/mol. The predicted octanol–water partition coefficient (Wildman–Crippen LogP) is 2.05. The third kappa shape index (κ3) is 3.40. The Hall–Kier alpha value is -3.23. The SMILES string of the molecule is CCN(CC)C(=O)c1[nH]cnc1C(=O)Nc1ccccc1[N+](=O)[O-]. The molecule has 2 aromatic rings. The molecule has 0 aliphatic heterocycles. The lowest BCUT2D eigenvalue weighted by Crippen LogP contribution is -2.32. The van der Waals surface area contributed by atoms with Gasteiger partial charge >= 0.3 is 0 Å². The number of aromatic amines is 1. The molecule has 0 radical (unpaired) electrons. The van der Waals surface area contributed by atoms with Crippen LogP contribution in [0.25, 0.3) is 0 Å². The van der Waals surface area contributed by atoms with E-state index in [0.29, 0.717) is 13.1 Å². The van der Waals surface area contributed by atoms with Crippen molar-refractivity contribution in [1.82, 2.24) is 14.9 Å². The molecular formula is C15H17N5O4. The van der Waals surface area contributed by atoms with Gasteiger partial charge in [0.25, 0.3) is 17.5 Å². The van der Waals surface area contributed by atoms with Gasteiger partial charge < -0.3 is 15.2 Å². The fourth-order valence-corrected chi connectivity index (χ4v) is 2.22. The average Bonchev–Trinajstić information content (AvgIpc) is 3.05. The van der Waals surface area contributed by atoms with Crippen LogP contribution in [0.3, 0.4) is 0 Å². The molecule has 0 unspecified atom stereocenters. The van der Waals surface area contributed by atoms with E-state index in [1.807, 2.05) is 13.8 Å². The van der Waals surface area contributed by atoms with E-state index < -0.39 is 10.8 Å². The van der Waals surface area contributed by atoms with Gasteiger partial charge in [0.2, 0.25) is 0 Å². The first-order chi connectivity index (χ1) is 11.5. The van der Waals surface area contributed by atoms with Crippen molar-refractivity contribution >= 4 is 23.2 Å². The van der Waals surface area contributed by atoms with Gasteiger partial charge in [-0.15, -0.1) is 0 Å². The van der Waals surface area contributed by atoms with Crippen LogP contribution >= 0.6 is 0 Å². The number of benzene rings is 1. The highest BCUT2D eigenvalue weighted by Gasteiger charge is 2.25. The van der Waals surface area contributed by atoms with Crippen LogP contribution in [-0.4, -0.2) is 44.7 Å². The van der Waals surface area contributed by atoms with Crippen molar-refractivity contribution in [1.29, 1.82) is 0 Å². The van der Waals surface area contributed by atoms with Crippen LogP contribution in [0.5, 0.6) is 0 Å². The molecule has 2 amide bonds. The zero-order valence-electron chi connectivity index (χ0n) is 13.3. The van der Waals surface area contributed by atoms with Gasteiger partial charge in [0.05, 0.1) is 11.3 Å². The monoisotopic (exact) mass is 331 g/mol. The van der Waals surface area contributed by atoms with Gasteiger partial charge in [-0.25, -0.2) is 4.98 Å². The fraction of sp³-hybridized carbons (Fsp3) is 0.267. The Morgan fingerprint density at radius 2 is 1.96 bits per heavy atom. The Morgan fingerprint density at radius 1 is 1.29 bits per heavy atom. The molecule has 0 aliphatic rings. The molecule has 2 rings (SSSR count). The number of carbonyl (C=O) groups excluding carboxylic acids is 2. The Labute approximate surface area is 137 Å². The van der Waals surface area contributed by atoms with Crippen LogP contribution in [0.15, 0.2) is 30.6 Å². The maximum Gasteiger partial charge on any atom is 0.292 e. The molecule has 9 nitrogen and oxygen atoms in total. The first-order valence-electron chi connectivity index (χ1n) is 7.37. The lowest BCUT2D eigenvalue weighted by atomic mass is 10.2. The molecule has 1 aromatic carbocycles. The minimum Gasteiger partial charge on any atom is -0.340 e. The van der Waals surface area contributed by atoms with Crippen molar-refractivity contribution in [2.75, 3.05) is 18.4 Å². The summed E-state index contributed by atoms with van der Waals surface area (Å²) in [6, 6.07) is 5.75. The molecule has 0 saturated heterocycles. The number of carbonyl (C=O) groups is 2. The number of amides is 2. The van der Waals surface area contributed by atoms with Crippen molar-refractivity contribution in [3.63, 3.8) is 0 Å². The number of nitro groups is 1. The Balaban J connectivity index is 2.28. The number of nitrogens with one attached hydrogen (secondary N) is 2. The fourth-order valence-electron chi connectivity index (χ4n) is 2.22. The lowest BCUT2D eigenvalue weighted by molar-refractivity contribution is -0.383. The summed E-state index contributed by atoms with van der Waals surface area (Å²) in [5.74, 6) is -1.05. The number of H-pyrrole nitrogens is 1. The smallest absolute Gasteiger partial charge is 0.292 e. The van der Waals surface area contributed by atoms with Gasteiger partial charge in [0.15, 0.2) is 5.69 Å². The van der Waals surface area contributed by atoms with Crippen molar-refractivity contribution in [3.8, 4) is 0 Å². The zero-order valence-corrected chi connectivity index (χ0v) is 13.3. The van der Waals surface area contributed by atoms with E-state index in [-0.39, 0.29) is 28.7 Å². The van der Waals surface area contributed by atoms with E-state index in [1.54, 1.807) is 6.07 Å². The second kappa shape index (κ2) is 7.36. The van der Waals surface area contributed by atoms with Gasteiger partial charge in [0, 0.05) is 19.2 Å². The molecule has 2 N–H and O–H groups in total. The molecule has 1 heterocycles. The van der Waals surface area contributed by atoms with E-state index in [0.717, 1.165) is 0 Å². The highest BCUT2D eigenvalue weighted by molar-refractivity contribution is 6.10. The number of hydrogen-bond donors (Lipinski definition) is 2. The number of nitro benzene ring substituents is 1. The van der Waals surface area contributed by atoms with E-state index in [2.05, 4.69) is 15.3 Å². The van der Waals surface area contributed by atoms with E-state index in [4.69, 9.17) is 0 Å². The molecular weight excluding hydrogens is 314 g/mol. The minimum atomic E-state index is -0.693.